The highest BCUT2D eigenvalue weighted by molar-refractivity contribution is 5.70. The van der Waals surface area contributed by atoms with Crippen molar-refractivity contribution in [1.82, 2.24) is 0 Å². The van der Waals surface area contributed by atoms with Crippen molar-refractivity contribution in [1.29, 1.82) is 0 Å². The Morgan fingerprint density at radius 2 is 0.642 bits per heavy atom. The van der Waals surface area contributed by atoms with Crippen molar-refractivity contribution >= 4 is 11.9 Å². The van der Waals surface area contributed by atoms with Crippen LogP contribution in [0.1, 0.15) is 277 Å². The standard InChI is InChI=1S/C62H108O5/c1-3-5-7-9-11-13-15-17-19-21-23-25-27-29-30-31-32-33-35-37-39-41-43-45-47-49-51-53-55-57-62(65)67-60(58-63)59-66-61(64)56-54-52-50-48-46-44-42-40-38-36-34-28-26-24-22-20-18-16-14-12-10-8-6-4-2/h5,7,11,13,17,19,23,25,29-30,32-33,37,39,60,63H,3-4,6,8-10,12,14-16,18,20-22,24,26-28,31,34-36,38,40-59H2,1-2H3/b7-5-,13-11-,19-17-,25-23-,30-29-,33-32-,39-37-. The summed E-state index contributed by atoms with van der Waals surface area (Å²) in [4.78, 5) is 24.5. The van der Waals surface area contributed by atoms with Crippen LogP contribution in [0.4, 0.5) is 0 Å². The number of aliphatic hydroxyl groups excluding tert-OH is 1. The van der Waals surface area contributed by atoms with Crippen molar-refractivity contribution in [3.8, 4) is 0 Å². The number of esters is 2. The van der Waals surface area contributed by atoms with E-state index in [1.807, 2.05) is 0 Å². The normalized spacial score (nSPS) is 12.8. The van der Waals surface area contributed by atoms with Crippen LogP contribution in [0.25, 0.3) is 0 Å². The molecule has 0 aromatic rings. The molecule has 1 atom stereocenters. The van der Waals surface area contributed by atoms with Crippen LogP contribution >= 0.6 is 0 Å². The minimum Gasteiger partial charge on any atom is -0.462 e. The Morgan fingerprint density at radius 1 is 0.358 bits per heavy atom. The second-order valence-electron chi connectivity index (χ2n) is 19.0. The lowest BCUT2D eigenvalue weighted by atomic mass is 10.0. The molecule has 0 radical (unpaired) electrons. The maximum Gasteiger partial charge on any atom is 0.306 e. The van der Waals surface area contributed by atoms with Gasteiger partial charge in [-0.15, -0.1) is 0 Å². The molecule has 0 saturated heterocycles. The number of hydrogen-bond donors (Lipinski definition) is 1. The van der Waals surface area contributed by atoms with Gasteiger partial charge in [0, 0.05) is 12.8 Å². The third kappa shape index (κ3) is 55.6. The summed E-state index contributed by atoms with van der Waals surface area (Å²) in [5.74, 6) is -0.596. The molecule has 0 spiro atoms. The molecule has 1 N–H and O–H groups in total. The van der Waals surface area contributed by atoms with Gasteiger partial charge in [-0.1, -0.05) is 279 Å². The number of carbonyl (C=O) groups is 2. The predicted molar refractivity (Wildman–Crippen MR) is 293 cm³/mol. The second kappa shape index (κ2) is 57.4. The summed E-state index contributed by atoms with van der Waals surface area (Å²) in [6.07, 6.45) is 79.8. The quantitative estimate of drug-likeness (QED) is 0.0374. The van der Waals surface area contributed by atoms with E-state index in [9.17, 15) is 14.7 Å². The molecule has 5 heteroatoms. The van der Waals surface area contributed by atoms with Crippen LogP contribution in [-0.4, -0.2) is 36.4 Å². The number of aliphatic hydroxyl groups is 1. The van der Waals surface area contributed by atoms with Gasteiger partial charge in [0.05, 0.1) is 6.61 Å². The highest BCUT2D eigenvalue weighted by Gasteiger charge is 2.16. The van der Waals surface area contributed by atoms with Gasteiger partial charge in [-0.2, -0.15) is 0 Å². The van der Waals surface area contributed by atoms with Crippen molar-refractivity contribution < 1.29 is 24.2 Å². The SMILES string of the molecule is CC/C=C\C/C=C\C/C=C\C/C=C\C/C=C\C/C=C\C/C=C\CCCCCCCCCC(=O)OC(CO)COC(=O)CCCCCCCCCCCCCCCCCCCCCCCCCC. The Labute approximate surface area is 416 Å². The largest absolute Gasteiger partial charge is 0.462 e. The molecular weight excluding hydrogens is 825 g/mol. The number of hydrogen-bond acceptors (Lipinski definition) is 5. The summed E-state index contributed by atoms with van der Waals surface area (Å²) in [5.41, 5.74) is 0. The van der Waals surface area contributed by atoms with E-state index in [2.05, 4.69) is 98.9 Å². The summed E-state index contributed by atoms with van der Waals surface area (Å²) in [7, 11) is 0. The van der Waals surface area contributed by atoms with Crippen molar-refractivity contribution in [2.75, 3.05) is 13.2 Å². The third-order valence-corrected chi connectivity index (χ3v) is 12.5. The first-order chi connectivity index (χ1) is 33.1. The van der Waals surface area contributed by atoms with E-state index in [-0.39, 0.29) is 25.2 Å². The Hall–Kier alpha value is -2.92. The number of unbranched alkanes of at least 4 members (excludes halogenated alkanes) is 30. The Bertz CT molecular complexity index is 1240. The number of rotatable bonds is 52. The fourth-order valence-corrected chi connectivity index (χ4v) is 8.18. The molecule has 0 rings (SSSR count). The molecule has 0 saturated carbocycles. The van der Waals surface area contributed by atoms with Crippen LogP contribution in [0.5, 0.6) is 0 Å². The molecule has 1 unspecified atom stereocenters. The molecule has 0 bridgehead atoms. The van der Waals surface area contributed by atoms with Crippen LogP contribution < -0.4 is 0 Å². The predicted octanol–water partition coefficient (Wildman–Crippen LogP) is 19.4. The minimum absolute atomic E-state index is 0.0713. The van der Waals surface area contributed by atoms with Gasteiger partial charge in [0.15, 0.2) is 6.10 Å². The van der Waals surface area contributed by atoms with Crippen LogP contribution in [-0.2, 0) is 19.1 Å². The fraction of sp³-hybridized carbons (Fsp3) is 0.742. The average Bonchev–Trinajstić information content (AvgIpc) is 3.33. The zero-order chi connectivity index (χ0) is 48.5. The van der Waals surface area contributed by atoms with E-state index >= 15 is 0 Å². The Morgan fingerprint density at radius 3 is 0.970 bits per heavy atom. The van der Waals surface area contributed by atoms with E-state index in [4.69, 9.17) is 9.47 Å². The number of allylic oxidation sites excluding steroid dienone is 14. The molecule has 0 fully saturated rings. The van der Waals surface area contributed by atoms with Gasteiger partial charge >= 0.3 is 11.9 Å². The molecule has 386 valence electrons. The van der Waals surface area contributed by atoms with E-state index in [0.29, 0.717) is 12.8 Å². The average molecular weight is 934 g/mol. The van der Waals surface area contributed by atoms with Gasteiger partial charge < -0.3 is 14.6 Å². The smallest absolute Gasteiger partial charge is 0.306 e. The Balaban J connectivity index is 3.53. The number of ether oxygens (including phenoxy) is 2. The van der Waals surface area contributed by atoms with Crippen LogP contribution in [0.15, 0.2) is 85.1 Å². The van der Waals surface area contributed by atoms with Gasteiger partial charge in [-0.05, 0) is 70.6 Å². The van der Waals surface area contributed by atoms with Gasteiger partial charge in [-0.25, -0.2) is 0 Å². The zero-order valence-corrected chi connectivity index (χ0v) is 44.1. The summed E-state index contributed by atoms with van der Waals surface area (Å²) in [6.45, 7) is 4.05. The zero-order valence-electron chi connectivity index (χ0n) is 44.1. The summed E-state index contributed by atoms with van der Waals surface area (Å²) < 4.78 is 10.7. The molecule has 5 nitrogen and oxygen atoms in total. The number of carbonyl (C=O) groups excluding carboxylic acids is 2. The molecule has 67 heavy (non-hydrogen) atoms. The van der Waals surface area contributed by atoms with Crippen molar-refractivity contribution in [2.45, 2.75) is 283 Å². The summed E-state index contributed by atoms with van der Waals surface area (Å²) in [6, 6.07) is 0. The van der Waals surface area contributed by atoms with Crippen molar-refractivity contribution in [2.24, 2.45) is 0 Å². The molecule has 0 amide bonds. The minimum atomic E-state index is -0.782. The lowest BCUT2D eigenvalue weighted by Crippen LogP contribution is -2.28. The van der Waals surface area contributed by atoms with Crippen LogP contribution in [0, 0.1) is 0 Å². The molecule has 0 aliphatic heterocycles. The van der Waals surface area contributed by atoms with E-state index in [1.165, 1.54) is 161 Å². The molecule has 0 heterocycles. The summed E-state index contributed by atoms with van der Waals surface area (Å²) >= 11 is 0. The topological polar surface area (TPSA) is 72.8 Å². The second-order valence-corrected chi connectivity index (χ2v) is 19.0. The van der Waals surface area contributed by atoms with Gasteiger partial charge in [0.25, 0.3) is 0 Å². The van der Waals surface area contributed by atoms with Gasteiger partial charge in [0.1, 0.15) is 6.61 Å². The first-order valence-electron chi connectivity index (χ1n) is 28.6. The first-order valence-corrected chi connectivity index (χ1v) is 28.6. The third-order valence-electron chi connectivity index (χ3n) is 12.5. The van der Waals surface area contributed by atoms with E-state index < -0.39 is 6.10 Å². The maximum absolute atomic E-state index is 12.3. The van der Waals surface area contributed by atoms with E-state index in [1.54, 1.807) is 0 Å². The highest BCUT2D eigenvalue weighted by Crippen LogP contribution is 2.17. The Kier molecular flexibility index (Phi) is 54.9. The van der Waals surface area contributed by atoms with E-state index in [0.717, 1.165) is 89.9 Å². The summed E-state index contributed by atoms with van der Waals surface area (Å²) in [5, 5.41) is 9.66. The van der Waals surface area contributed by atoms with Crippen LogP contribution in [0.3, 0.4) is 0 Å². The molecule has 0 aliphatic carbocycles. The van der Waals surface area contributed by atoms with Crippen molar-refractivity contribution in [3.63, 3.8) is 0 Å². The maximum atomic E-state index is 12.3. The lowest BCUT2D eigenvalue weighted by Gasteiger charge is -2.15. The van der Waals surface area contributed by atoms with Crippen molar-refractivity contribution in [3.05, 3.63) is 85.1 Å². The van der Waals surface area contributed by atoms with Crippen LogP contribution in [0.2, 0.25) is 0 Å². The monoisotopic (exact) mass is 933 g/mol. The fourth-order valence-electron chi connectivity index (χ4n) is 8.18. The highest BCUT2D eigenvalue weighted by atomic mass is 16.6. The lowest BCUT2D eigenvalue weighted by molar-refractivity contribution is -0.161. The van der Waals surface area contributed by atoms with Gasteiger partial charge in [-0.3, -0.25) is 9.59 Å². The molecule has 0 aliphatic rings. The molecule has 0 aromatic heterocycles. The first kappa shape index (κ1) is 64.1. The van der Waals surface area contributed by atoms with Gasteiger partial charge in [0.2, 0.25) is 0 Å². The molecular formula is C62H108O5. The molecule has 0 aromatic carbocycles.